The van der Waals surface area contributed by atoms with E-state index >= 15 is 0 Å². The molecule has 2 aromatic carbocycles. The fourth-order valence-electron chi connectivity index (χ4n) is 5.17. The second-order valence-electron chi connectivity index (χ2n) is 9.17. The van der Waals surface area contributed by atoms with Gasteiger partial charge < -0.3 is 19.8 Å². The molecule has 0 aromatic heterocycles. The van der Waals surface area contributed by atoms with Gasteiger partial charge in [0.15, 0.2) is 0 Å². The highest BCUT2D eigenvalue weighted by Crippen LogP contribution is 2.44. The Morgan fingerprint density at radius 2 is 1.94 bits per heavy atom. The van der Waals surface area contributed by atoms with Crippen LogP contribution in [0.3, 0.4) is 0 Å². The van der Waals surface area contributed by atoms with Gasteiger partial charge in [0.25, 0.3) is 0 Å². The highest BCUT2D eigenvalue weighted by Gasteiger charge is 2.47. The number of benzene rings is 2. The smallest absolute Gasteiger partial charge is 0.321 e. The van der Waals surface area contributed by atoms with E-state index in [0.717, 1.165) is 23.8 Å². The molecule has 2 heterocycles. The summed E-state index contributed by atoms with van der Waals surface area (Å²) in [5, 5.41) is 9.99. The molecule has 182 valence electrons. The summed E-state index contributed by atoms with van der Waals surface area (Å²) in [5.74, 6) is -1.18. The normalized spacial score (nSPS) is 25.4. The molecule has 34 heavy (non-hydrogen) atoms. The van der Waals surface area contributed by atoms with E-state index in [-0.39, 0.29) is 31.7 Å². The van der Waals surface area contributed by atoms with Gasteiger partial charge >= 0.3 is 6.03 Å². The lowest BCUT2D eigenvalue weighted by molar-refractivity contribution is 0.0485. The highest BCUT2D eigenvalue weighted by molar-refractivity contribution is 5.83. The average Bonchev–Trinajstić information content (AvgIpc) is 3.21. The van der Waals surface area contributed by atoms with Gasteiger partial charge in [-0.15, -0.1) is 0 Å². The number of likely N-dealkylation sites (tertiary alicyclic amines) is 1. The Bertz CT molecular complexity index is 1060. The third-order valence-corrected chi connectivity index (χ3v) is 7.00. The van der Waals surface area contributed by atoms with Gasteiger partial charge in [0, 0.05) is 45.3 Å². The fourth-order valence-corrected chi connectivity index (χ4v) is 5.17. The van der Waals surface area contributed by atoms with Crippen LogP contribution in [0.5, 0.6) is 0 Å². The molecule has 2 aliphatic rings. The van der Waals surface area contributed by atoms with Gasteiger partial charge in [-0.25, -0.2) is 18.0 Å². The molecule has 1 fully saturated rings. The Kier molecular flexibility index (Phi) is 7.00. The first-order chi connectivity index (χ1) is 16.3. The number of rotatable bonds is 5. The molecule has 8 heteroatoms. The zero-order valence-corrected chi connectivity index (χ0v) is 19.4. The molecule has 5 nitrogen and oxygen atoms in total. The van der Waals surface area contributed by atoms with E-state index in [9.17, 15) is 23.1 Å². The van der Waals surface area contributed by atoms with Gasteiger partial charge in [0.2, 0.25) is 0 Å². The fraction of sp³-hybridized carbons (Fsp3) is 0.423. The van der Waals surface area contributed by atoms with Crippen LogP contribution < -0.4 is 0 Å². The summed E-state index contributed by atoms with van der Waals surface area (Å²) in [7, 11) is 3.43. The van der Waals surface area contributed by atoms with Crippen LogP contribution in [0.2, 0.25) is 0 Å². The van der Waals surface area contributed by atoms with Crippen molar-refractivity contribution in [1.82, 2.24) is 14.7 Å². The molecular weight excluding hydrogens is 443 g/mol. The molecule has 0 bridgehead atoms. The van der Waals surface area contributed by atoms with Crippen molar-refractivity contribution in [2.24, 2.45) is 0 Å². The number of carbonyl (C=O) groups excluding carboxylic acids is 1. The molecule has 1 saturated heterocycles. The number of urea groups is 1. The van der Waals surface area contributed by atoms with Crippen LogP contribution in [-0.2, 0) is 5.54 Å². The lowest BCUT2D eigenvalue weighted by Gasteiger charge is -2.44. The first-order valence-corrected chi connectivity index (χ1v) is 11.5. The Labute approximate surface area is 198 Å². The summed E-state index contributed by atoms with van der Waals surface area (Å²) in [4.78, 5) is 18.7. The lowest BCUT2D eigenvalue weighted by Crippen LogP contribution is -2.57. The first-order valence-electron chi connectivity index (χ1n) is 11.5. The van der Waals surface area contributed by atoms with Crippen LogP contribution in [0.15, 0.2) is 54.6 Å². The summed E-state index contributed by atoms with van der Waals surface area (Å²) in [6.45, 7) is 0.668. The Morgan fingerprint density at radius 3 is 2.62 bits per heavy atom. The number of hydrogen-bond donors (Lipinski definition) is 1. The van der Waals surface area contributed by atoms with Crippen LogP contribution in [0.1, 0.15) is 24.0 Å². The number of piperidine rings is 1. The molecule has 0 aliphatic carbocycles. The van der Waals surface area contributed by atoms with Crippen LogP contribution >= 0.6 is 0 Å². The Hall–Kier alpha value is -2.84. The number of nitrogens with zero attached hydrogens (tertiary/aromatic N) is 3. The van der Waals surface area contributed by atoms with Gasteiger partial charge in [-0.05, 0) is 48.9 Å². The van der Waals surface area contributed by atoms with Crippen LogP contribution in [-0.4, -0.2) is 78.4 Å². The van der Waals surface area contributed by atoms with Crippen molar-refractivity contribution in [1.29, 1.82) is 0 Å². The standard InChI is InChI=1S/C26H30F3N3O2/c1-30-12-10-24(23(29)17-30)31(2)25(34)32-16-18(21-14-20(27)8-9-22(21)28)15-26(32,11-13-33)19-6-4-3-5-7-19/h3-9,14-15,23-24,33H,10-13,16-17H2,1-2H3/t23?,24?,26-/m0/s1. The molecule has 4 rings (SSSR count). The maximum absolute atomic E-state index is 14.9. The third-order valence-electron chi connectivity index (χ3n) is 7.00. The zero-order valence-electron chi connectivity index (χ0n) is 19.4. The maximum Gasteiger partial charge on any atom is 0.321 e. The predicted molar refractivity (Wildman–Crippen MR) is 125 cm³/mol. The molecule has 0 radical (unpaired) electrons. The SMILES string of the molecule is CN1CCC(N(C)C(=O)N2CC(c3cc(F)ccc3F)=C[C@@]2(CCO)c2ccccc2)C(F)C1. The zero-order chi connectivity index (χ0) is 24.5. The number of hydrogen-bond acceptors (Lipinski definition) is 3. The van der Waals surface area contributed by atoms with E-state index < -0.39 is 35.4 Å². The summed E-state index contributed by atoms with van der Waals surface area (Å²) < 4.78 is 43.6. The van der Waals surface area contributed by atoms with E-state index in [1.54, 1.807) is 18.0 Å². The molecule has 2 aromatic rings. The topological polar surface area (TPSA) is 47.0 Å². The van der Waals surface area contributed by atoms with Gasteiger partial charge in [0.05, 0.1) is 11.6 Å². The van der Waals surface area contributed by atoms with Crippen molar-refractivity contribution in [3.8, 4) is 0 Å². The largest absolute Gasteiger partial charge is 0.396 e. The minimum absolute atomic E-state index is 0.00200. The second-order valence-corrected chi connectivity index (χ2v) is 9.17. The monoisotopic (exact) mass is 473 g/mol. The van der Waals surface area contributed by atoms with E-state index in [0.29, 0.717) is 18.5 Å². The summed E-state index contributed by atoms with van der Waals surface area (Å²) in [5.41, 5.74) is 0.153. The van der Waals surface area contributed by atoms with Gasteiger partial charge in [0.1, 0.15) is 17.8 Å². The molecule has 2 amide bonds. The minimum atomic E-state index is -1.20. The molecule has 0 spiro atoms. The summed E-state index contributed by atoms with van der Waals surface area (Å²) in [6.07, 6.45) is 1.19. The quantitative estimate of drug-likeness (QED) is 0.713. The minimum Gasteiger partial charge on any atom is -0.396 e. The van der Waals surface area contributed by atoms with Crippen molar-refractivity contribution in [2.45, 2.75) is 30.6 Å². The summed E-state index contributed by atoms with van der Waals surface area (Å²) in [6, 6.07) is 11.4. The van der Waals surface area contributed by atoms with E-state index in [4.69, 9.17) is 0 Å². The van der Waals surface area contributed by atoms with Crippen LogP contribution in [0.25, 0.3) is 5.57 Å². The van der Waals surface area contributed by atoms with E-state index in [1.165, 1.54) is 4.90 Å². The van der Waals surface area contributed by atoms with Crippen molar-refractivity contribution in [3.05, 3.63) is 77.4 Å². The van der Waals surface area contributed by atoms with Crippen molar-refractivity contribution in [2.75, 3.05) is 40.3 Å². The van der Waals surface area contributed by atoms with Crippen LogP contribution in [0, 0.1) is 11.6 Å². The van der Waals surface area contributed by atoms with Gasteiger partial charge in [-0.3, -0.25) is 0 Å². The Balaban J connectivity index is 1.77. The number of carbonyl (C=O) groups is 1. The molecule has 0 saturated carbocycles. The van der Waals surface area contributed by atoms with E-state index in [2.05, 4.69) is 0 Å². The van der Waals surface area contributed by atoms with Gasteiger partial charge in [-0.1, -0.05) is 30.3 Å². The first kappa shape index (κ1) is 24.3. The maximum atomic E-state index is 14.9. The van der Waals surface area contributed by atoms with Crippen molar-refractivity contribution < 1.29 is 23.1 Å². The highest BCUT2D eigenvalue weighted by atomic mass is 19.1. The number of aliphatic hydroxyl groups is 1. The third kappa shape index (κ3) is 4.44. The molecule has 3 atom stereocenters. The van der Waals surface area contributed by atoms with Crippen molar-refractivity contribution >= 4 is 11.6 Å². The predicted octanol–water partition coefficient (Wildman–Crippen LogP) is 4.04. The number of halogens is 3. The molecule has 1 N–H and O–H groups in total. The van der Waals surface area contributed by atoms with Crippen LogP contribution in [0.4, 0.5) is 18.0 Å². The second kappa shape index (κ2) is 9.80. The molecule has 2 unspecified atom stereocenters. The number of alkyl halides is 1. The summed E-state index contributed by atoms with van der Waals surface area (Å²) >= 11 is 0. The molecular formula is C26H30F3N3O2. The number of amides is 2. The van der Waals surface area contributed by atoms with Crippen molar-refractivity contribution in [3.63, 3.8) is 0 Å². The van der Waals surface area contributed by atoms with E-state index in [1.807, 2.05) is 42.3 Å². The van der Waals surface area contributed by atoms with Gasteiger partial charge in [-0.2, -0.15) is 0 Å². The number of aliphatic hydroxyl groups excluding tert-OH is 1. The Morgan fingerprint density at radius 1 is 1.21 bits per heavy atom. The molecule has 2 aliphatic heterocycles. The lowest BCUT2D eigenvalue weighted by atomic mass is 9.85. The average molecular weight is 474 g/mol.